The number of methoxy groups -OCH3 is 1. The number of thiazole rings is 1. The van der Waals surface area contributed by atoms with E-state index in [1.165, 1.54) is 0 Å². The van der Waals surface area contributed by atoms with Gasteiger partial charge in [-0.1, -0.05) is 0 Å². The molecule has 0 radical (unpaired) electrons. The van der Waals surface area contributed by atoms with Crippen molar-refractivity contribution < 1.29 is 19.0 Å². The van der Waals surface area contributed by atoms with E-state index in [0.717, 1.165) is 72.3 Å². The van der Waals surface area contributed by atoms with Gasteiger partial charge in [-0.25, -0.2) is 0 Å². The van der Waals surface area contributed by atoms with Crippen molar-refractivity contribution in [2.45, 2.75) is 44.4 Å². The van der Waals surface area contributed by atoms with Gasteiger partial charge in [-0.2, -0.15) is 0 Å². The van der Waals surface area contributed by atoms with Crippen molar-refractivity contribution >= 4 is 28.1 Å². The number of aromatic nitrogens is 2. The van der Waals surface area contributed by atoms with Gasteiger partial charge in [0.2, 0.25) is 0 Å². The number of amides is 1. The Morgan fingerprint density at radius 1 is 1.24 bits per heavy atom. The minimum atomic E-state index is -0.000144. The molecule has 33 heavy (non-hydrogen) atoms. The molecule has 0 atom stereocenters. The topological polar surface area (TPSA) is 74.6 Å². The highest BCUT2D eigenvalue weighted by atomic mass is 32.1. The number of carbonyl (C=O) groups is 1. The number of fused-ring (bicyclic) bond motifs is 1. The molecule has 0 unspecified atom stereocenters. The summed E-state index contributed by atoms with van der Waals surface area (Å²) in [6.07, 6.45) is 8.02. The average Bonchev–Trinajstić information content (AvgIpc) is 3.47. The van der Waals surface area contributed by atoms with E-state index in [9.17, 15) is 4.79 Å². The lowest BCUT2D eigenvalue weighted by Crippen LogP contribution is -2.39. The van der Waals surface area contributed by atoms with E-state index < -0.39 is 0 Å². The molecule has 2 fully saturated rings. The molecule has 1 N–H and O–H groups in total. The minimum absolute atomic E-state index is 0.000144. The quantitative estimate of drug-likeness (QED) is 0.477. The van der Waals surface area contributed by atoms with Crippen LogP contribution < -0.4 is 5.32 Å². The lowest BCUT2D eigenvalue weighted by molar-refractivity contribution is -0.0388. The number of carbonyl (C=O) groups excluding carboxylic acids is 1. The monoisotopic (exact) mass is 469 g/mol. The van der Waals surface area contributed by atoms with Crippen LogP contribution in [0.25, 0.3) is 21.3 Å². The minimum Gasteiger partial charge on any atom is -0.382 e. The van der Waals surface area contributed by atoms with E-state index in [0.29, 0.717) is 19.1 Å². The summed E-state index contributed by atoms with van der Waals surface area (Å²) < 4.78 is 18.6. The maximum absolute atomic E-state index is 13.4. The van der Waals surface area contributed by atoms with Gasteiger partial charge in [-0.05, 0) is 49.4 Å². The summed E-state index contributed by atoms with van der Waals surface area (Å²) in [5.41, 5.74) is 4.69. The van der Waals surface area contributed by atoms with Gasteiger partial charge in [0.25, 0.3) is 5.91 Å². The highest BCUT2D eigenvalue weighted by molar-refractivity contribution is 7.13. The van der Waals surface area contributed by atoms with Crippen molar-refractivity contribution in [3.05, 3.63) is 41.7 Å². The van der Waals surface area contributed by atoms with Gasteiger partial charge >= 0.3 is 0 Å². The van der Waals surface area contributed by atoms with Crippen LogP contribution in [-0.4, -0.2) is 61.1 Å². The molecule has 3 heterocycles. The van der Waals surface area contributed by atoms with Gasteiger partial charge in [0.15, 0.2) is 0 Å². The van der Waals surface area contributed by atoms with Gasteiger partial charge in [0.1, 0.15) is 0 Å². The van der Waals surface area contributed by atoms with E-state index >= 15 is 0 Å². The first-order chi connectivity index (χ1) is 16.2. The maximum Gasteiger partial charge on any atom is 0.252 e. The predicted octanol–water partition coefficient (Wildman–Crippen LogP) is 4.12. The molecular weight excluding hydrogens is 438 g/mol. The number of benzene rings is 1. The van der Waals surface area contributed by atoms with Crippen LogP contribution in [0.2, 0.25) is 0 Å². The Bertz CT molecular complexity index is 1070. The fraction of sp³-hybridized carbons (Fsp3) is 0.520. The van der Waals surface area contributed by atoms with Crippen molar-refractivity contribution in [3.63, 3.8) is 0 Å². The molecule has 1 saturated carbocycles. The third-order valence-corrected chi connectivity index (χ3v) is 7.48. The largest absolute Gasteiger partial charge is 0.382 e. The van der Waals surface area contributed by atoms with Gasteiger partial charge in [0, 0.05) is 54.5 Å². The zero-order valence-electron chi connectivity index (χ0n) is 19.0. The second-order valence-electron chi connectivity index (χ2n) is 9.00. The molecule has 3 aromatic rings. The second-order valence-corrected chi connectivity index (χ2v) is 9.89. The zero-order valence-corrected chi connectivity index (χ0v) is 19.8. The molecule has 0 bridgehead atoms. The first-order valence-corrected chi connectivity index (χ1v) is 12.6. The molecule has 2 aromatic heterocycles. The average molecular weight is 470 g/mol. The summed E-state index contributed by atoms with van der Waals surface area (Å²) >= 11 is 1.59. The Labute approximate surface area is 198 Å². The highest BCUT2D eigenvalue weighted by Crippen LogP contribution is 2.32. The molecule has 5 rings (SSSR count). The third kappa shape index (κ3) is 5.14. The van der Waals surface area contributed by atoms with Crippen molar-refractivity contribution in [2.75, 3.05) is 33.5 Å². The Morgan fingerprint density at radius 2 is 2.09 bits per heavy atom. The van der Waals surface area contributed by atoms with Gasteiger partial charge in [-0.15, -0.1) is 11.3 Å². The molecule has 2 aliphatic rings. The fourth-order valence-corrected chi connectivity index (χ4v) is 5.36. The Morgan fingerprint density at radius 3 is 2.79 bits per heavy atom. The number of hydrogen-bond donors (Lipinski definition) is 1. The summed E-state index contributed by atoms with van der Waals surface area (Å²) in [5, 5.41) is 4.30. The van der Waals surface area contributed by atoms with Crippen molar-refractivity contribution in [1.29, 1.82) is 0 Å². The summed E-state index contributed by atoms with van der Waals surface area (Å²) in [6, 6.07) is 6.44. The number of rotatable bonds is 9. The van der Waals surface area contributed by atoms with E-state index in [2.05, 4.69) is 33.2 Å². The van der Waals surface area contributed by atoms with Crippen molar-refractivity contribution in [1.82, 2.24) is 14.9 Å². The fourth-order valence-electron chi connectivity index (χ4n) is 4.75. The van der Waals surface area contributed by atoms with Crippen LogP contribution >= 0.6 is 11.3 Å². The zero-order chi connectivity index (χ0) is 22.6. The van der Waals surface area contributed by atoms with Crippen LogP contribution in [0.3, 0.4) is 0 Å². The molecule has 0 spiro atoms. The van der Waals surface area contributed by atoms with Gasteiger partial charge < -0.3 is 24.1 Å². The van der Waals surface area contributed by atoms with E-state index in [1.54, 1.807) is 18.4 Å². The summed E-state index contributed by atoms with van der Waals surface area (Å²) in [7, 11) is 1.69. The van der Waals surface area contributed by atoms with Gasteiger partial charge in [-0.3, -0.25) is 9.78 Å². The van der Waals surface area contributed by atoms with Crippen LogP contribution in [0.1, 0.15) is 36.0 Å². The molecule has 176 valence electrons. The van der Waals surface area contributed by atoms with Crippen molar-refractivity contribution in [3.8, 4) is 10.4 Å². The van der Waals surface area contributed by atoms with Crippen LogP contribution in [0, 0.1) is 5.92 Å². The number of nitrogens with one attached hydrogen (secondary N) is 1. The van der Waals surface area contributed by atoms with Gasteiger partial charge in [0.05, 0.1) is 42.9 Å². The predicted molar refractivity (Wildman–Crippen MR) is 129 cm³/mol. The van der Waals surface area contributed by atoms with Crippen LogP contribution in [0.5, 0.6) is 0 Å². The highest BCUT2D eigenvalue weighted by Gasteiger charge is 2.25. The first-order valence-electron chi connectivity index (χ1n) is 11.7. The smallest absolute Gasteiger partial charge is 0.252 e. The maximum atomic E-state index is 13.4. The Kier molecular flexibility index (Phi) is 7.06. The molecule has 1 aliphatic heterocycles. The summed E-state index contributed by atoms with van der Waals surface area (Å²) in [6.45, 7) is 3.77. The third-order valence-electron chi connectivity index (χ3n) is 6.66. The number of nitrogens with zero attached hydrogens (tertiary/aromatic N) is 2. The van der Waals surface area contributed by atoms with E-state index in [1.807, 2.05) is 17.8 Å². The lowest BCUT2D eigenvalue weighted by atomic mass is 9.92. The van der Waals surface area contributed by atoms with Crippen LogP contribution in [-0.2, 0) is 20.8 Å². The molecule has 1 saturated heterocycles. The number of hydrogen-bond acceptors (Lipinski definition) is 6. The second kappa shape index (κ2) is 10.3. The van der Waals surface area contributed by atoms with Crippen LogP contribution in [0.4, 0.5) is 0 Å². The van der Waals surface area contributed by atoms with Crippen LogP contribution in [0.15, 0.2) is 36.1 Å². The molecule has 7 nitrogen and oxygen atoms in total. The molecular formula is C25H31N3O4S. The Hall–Kier alpha value is -2.26. The molecule has 8 heteroatoms. The molecule has 1 aromatic carbocycles. The summed E-state index contributed by atoms with van der Waals surface area (Å²) in [5.74, 6) is 0.533. The Balaban J connectivity index is 1.34. The van der Waals surface area contributed by atoms with E-state index in [-0.39, 0.29) is 18.1 Å². The normalized spacial score (nSPS) is 21.2. The molecule has 1 aliphatic carbocycles. The van der Waals surface area contributed by atoms with Crippen molar-refractivity contribution in [2.24, 2.45) is 5.92 Å². The summed E-state index contributed by atoms with van der Waals surface area (Å²) in [4.78, 5) is 18.7. The number of ether oxygens (including phenoxy) is 3. The standard InChI is InChI=1S/C25H31N3O4S/c1-30-8-9-32-20-4-2-19(3-5-20)27-25(29)22-10-18(24-12-26-16-33-24)11-23-21(22)6-7-28(23)13-17-14-31-15-17/h6-7,10-12,16-17,19-20H,2-5,8-9,13-15H2,1H3,(H,27,29). The SMILES string of the molecule is COCCOC1CCC(NC(=O)c2cc(-c3cncs3)cc3c2ccn3CC2COC2)CC1. The molecule has 1 amide bonds. The first kappa shape index (κ1) is 22.5. The van der Waals surface area contributed by atoms with E-state index in [4.69, 9.17) is 14.2 Å². The lowest BCUT2D eigenvalue weighted by Gasteiger charge is -2.29.